The molecule has 0 aliphatic carbocycles. The maximum atomic E-state index is 13.3. The fraction of sp³-hybridized carbons (Fsp3) is 0.167. The summed E-state index contributed by atoms with van der Waals surface area (Å²) in [6, 6.07) is 6.37. The highest BCUT2D eigenvalue weighted by molar-refractivity contribution is 7.80. The van der Waals surface area contributed by atoms with E-state index in [0.29, 0.717) is 22.4 Å². The predicted molar refractivity (Wildman–Crippen MR) is 103 cm³/mol. The lowest BCUT2D eigenvalue weighted by Crippen LogP contribution is -2.31. The molecule has 0 saturated heterocycles. The van der Waals surface area contributed by atoms with Crippen LogP contribution in [0.15, 0.2) is 41.3 Å². The van der Waals surface area contributed by atoms with Crippen LogP contribution in [-0.4, -0.2) is 41.2 Å². The van der Waals surface area contributed by atoms with Crippen molar-refractivity contribution in [2.24, 2.45) is 0 Å². The van der Waals surface area contributed by atoms with E-state index >= 15 is 0 Å². The number of benzene rings is 1. The largest absolute Gasteiger partial charge is 0.480 e. The summed E-state index contributed by atoms with van der Waals surface area (Å²) in [7, 11) is 0. The summed E-state index contributed by atoms with van der Waals surface area (Å²) >= 11 is 4.01. The van der Waals surface area contributed by atoms with Crippen molar-refractivity contribution in [2.75, 3.05) is 5.75 Å². The van der Waals surface area contributed by atoms with E-state index in [4.69, 9.17) is 0 Å². The zero-order chi connectivity index (χ0) is 20.0. The Morgan fingerprint density at radius 2 is 1.96 bits per heavy atom. The van der Waals surface area contributed by atoms with Gasteiger partial charge in [-0.25, -0.2) is 13.7 Å². The van der Waals surface area contributed by atoms with Crippen LogP contribution in [0.2, 0.25) is 0 Å². The quantitative estimate of drug-likeness (QED) is 0.510. The van der Waals surface area contributed by atoms with Crippen LogP contribution in [-0.2, 0) is 4.79 Å². The summed E-state index contributed by atoms with van der Waals surface area (Å²) in [4.78, 5) is 24.1. The molecular formula is C18H14FN5O3S. The third-order valence-corrected chi connectivity index (χ3v) is 4.85. The van der Waals surface area contributed by atoms with Gasteiger partial charge in [-0.1, -0.05) is 12.1 Å². The van der Waals surface area contributed by atoms with Crippen LogP contribution in [0.25, 0.3) is 27.8 Å². The Morgan fingerprint density at radius 1 is 1.25 bits per heavy atom. The maximum absolute atomic E-state index is 13.3. The Labute approximate surface area is 162 Å². The van der Waals surface area contributed by atoms with Gasteiger partial charge in [0, 0.05) is 11.9 Å². The van der Waals surface area contributed by atoms with E-state index in [-0.39, 0.29) is 17.1 Å². The molecule has 3 heterocycles. The number of pyridine rings is 1. The molecule has 4 aromatic rings. The monoisotopic (exact) mass is 399 g/mol. The molecule has 142 valence electrons. The van der Waals surface area contributed by atoms with Crippen LogP contribution in [0.5, 0.6) is 0 Å². The average molecular weight is 399 g/mol. The van der Waals surface area contributed by atoms with E-state index < -0.39 is 17.6 Å². The average Bonchev–Trinajstić information content (AvgIpc) is 3.01. The molecule has 0 spiro atoms. The van der Waals surface area contributed by atoms with Crippen molar-refractivity contribution in [3.05, 3.63) is 58.4 Å². The van der Waals surface area contributed by atoms with Gasteiger partial charge in [0.15, 0.2) is 11.2 Å². The van der Waals surface area contributed by atoms with Gasteiger partial charge in [0.05, 0.1) is 11.3 Å². The molecule has 0 unspecified atom stereocenters. The maximum Gasteiger partial charge on any atom is 0.327 e. The smallest absolute Gasteiger partial charge is 0.327 e. The summed E-state index contributed by atoms with van der Waals surface area (Å²) in [6.07, 6.45) is 1.38. The Hall–Kier alpha value is -3.27. The zero-order valence-corrected chi connectivity index (χ0v) is 15.5. The Kier molecular flexibility index (Phi) is 4.34. The van der Waals surface area contributed by atoms with E-state index in [0.717, 1.165) is 10.1 Å². The van der Waals surface area contributed by atoms with E-state index in [1.165, 1.54) is 22.8 Å². The topological polar surface area (TPSA) is 102 Å². The number of thiol groups is 1. The van der Waals surface area contributed by atoms with Crippen LogP contribution < -0.4 is 5.56 Å². The highest BCUT2D eigenvalue weighted by Crippen LogP contribution is 2.28. The molecule has 0 amide bonds. The first-order valence-electron chi connectivity index (χ1n) is 8.29. The number of halogens is 1. The third kappa shape index (κ3) is 2.73. The molecule has 4 rings (SSSR count). The van der Waals surface area contributed by atoms with Gasteiger partial charge in [0.1, 0.15) is 17.4 Å². The summed E-state index contributed by atoms with van der Waals surface area (Å²) in [5.41, 5.74) is 2.25. The number of carboxylic acids is 1. The van der Waals surface area contributed by atoms with Gasteiger partial charge in [0.25, 0.3) is 5.56 Å². The first-order chi connectivity index (χ1) is 13.4. The molecule has 0 fully saturated rings. The van der Waals surface area contributed by atoms with Gasteiger partial charge in [0.2, 0.25) is 0 Å². The predicted octanol–water partition coefficient (Wildman–Crippen LogP) is 2.11. The lowest BCUT2D eigenvalue weighted by Gasteiger charge is -2.13. The second kappa shape index (κ2) is 6.71. The van der Waals surface area contributed by atoms with Crippen molar-refractivity contribution in [3.63, 3.8) is 0 Å². The van der Waals surface area contributed by atoms with Gasteiger partial charge in [-0.05, 0) is 30.7 Å². The molecule has 28 heavy (non-hydrogen) atoms. The number of aryl methyl sites for hydroxylation is 1. The molecule has 1 atom stereocenters. The SMILES string of the molecule is Cc1nn2c(nnc3c(=O)n([C@H](CS)C(=O)O)ccc32)c1-c1ccc(F)cc1. The van der Waals surface area contributed by atoms with Crippen molar-refractivity contribution in [1.82, 2.24) is 24.4 Å². The molecule has 1 N–H and O–H groups in total. The van der Waals surface area contributed by atoms with Crippen LogP contribution in [0.3, 0.4) is 0 Å². The third-order valence-electron chi connectivity index (χ3n) is 4.51. The van der Waals surface area contributed by atoms with E-state index in [9.17, 15) is 19.1 Å². The lowest BCUT2D eigenvalue weighted by molar-refractivity contribution is -0.140. The second-order valence-electron chi connectivity index (χ2n) is 6.20. The van der Waals surface area contributed by atoms with Gasteiger partial charge < -0.3 is 5.11 Å². The molecule has 0 saturated carbocycles. The minimum Gasteiger partial charge on any atom is -0.480 e. The van der Waals surface area contributed by atoms with E-state index in [1.807, 2.05) is 0 Å². The first kappa shape index (κ1) is 18.1. The number of hydrogen-bond acceptors (Lipinski definition) is 6. The molecule has 1 aromatic carbocycles. The standard InChI is InChI=1S/C18H14FN5O3S/c1-9-14(10-2-4-11(19)5-3-10)16-21-20-15-12(24(16)22-9)6-7-23(17(15)25)13(8-28)18(26)27/h2-7,13,28H,8H2,1H3,(H,26,27)/t13-/m1/s1. The van der Waals surface area contributed by atoms with Crippen LogP contribution in [0.1, 0.15) is 11.7 Å². The Balaban J connectivity index is 1.98. The van der Waals surface area contributed by atoms with Crippen molar-refractivity contribution in [3.8, 4) is 11.1 Å². The number of carboxylic acid groups (broad SMARTS) is 1. The summed E-state index contributed by atoms with van der Waals surface area (Å²) in [5.74, 6) is -1.57. The number of rotatable bonds is 4. The lowest BCUT2D eigenvalue weighted by atomic mass is 10.1. The minimum atomic E-state index is -1.17. The zero-order valence-electron chi connectivity index (χ0n) is 14.6. The van der Waals surface area contributed by atoms with E-state index in [2.05, 4.69) is 27.9 Å². The number of hydrogen-bond donors (Lipinski definition) is 2. The summed E-state index contributed by atoms with van der Waals surface area (Å²) in [5, 5.41) is 21.9. The Morgan fingerprint density at radius 3 is 2.61 bits per heavy atom. The Bertz CT molecular complexity index is 1280. The van der Waals surface area contributed by atoms with Crippen molar-refractivity contribution in [1.29, 1.82) is 0 Å². The number of nitrogens with zero attached hydrogens (tertiary/aromatic N) is 5. The van der Waals surface area contributed by atoms with Gasteiger partial charge in [-0.3, -0.25) is 9.36 Å². The number of aromatic nitrogens is 5. The molecule has 8 nitrogen and oxygen atoms in total. The molecule has 3 aromatic heterocycles. The molecule has 0 aliphatic rings. The number of fused-ring (bicyclic) bond motifs is 3. The van der Waals surface area contributed by atoms with Crippen LogP contribution >= 0.6 is 12.6 Å². The van der Waals surface area contributed by atoms with Crippen LogP contribution in [0.4, 0.5) is 4.39 Å². The highest BCUT2D eigenvalue weighted by Gasteiger charge is 2.22. The molecule has 0 aliphatic heterocycles. The van der Waals surface area contributed by atoms with Crippen molar-refractivity contribution < 1.29 is 14.3 Å². The molecule has 10 heteroatoms. The summed E-state index contributed by atoms with van der Waals surface area (Å²) < 4.78 is 15.8. The molecule has 0 radical (unpaired) electrons. The molecular weight excluding hydrogens is 385 g/mol. The first-order valence-corrected chi connectivity index (χ1v) is 8.92. The fourth-order valence-electron chi connectivity index (χ4n) is 3.15. The van der Waals surface area contributed by atoms with Crippen molar-refractivity contribution >= 4 is 35.3 Å². The second-order valence-corrected chi connectivity index (χ2v) is 6.57. The van der Waals surface area contributed by atoms with Crippen molar-refractivity contribution in [2.45, 2.75) is 13.0 Å². The van der Waals surface area contributed by atoms with Gasteiger partial charge >= 0.3 is 5.97 Å². The molecule has 0 bridgehead atoms. The fourth-order valence-corrected chi connectivity index (χ4v) is 3.48. The minimum absolute atomic E-state index is 0.00353. The van der Waals surface area contributed by atoms with Crippen LogP contribution in [0, 0.1) is 12.7 Å². The van der Waals surface area contributed by atoms with Gasteiger partial charge in [-0.2, -0.15) is 17.7 Å². The van der Waals surface area contributed by atoms with E-state index in [1.54, 1.807) is 25.1 Å². The normalized spacial score (nSPS) is 12.5. The highest BCUT2D eigenvalue weighted by atomic mass is 32.1. The summed E-state index contributed by atoms with van der Waals surface area (Å²) in [6.45, 7) is 1.78. The number of aliphatic carboxylic acids is 1. The van der Waals surface area contributed by atoms with Gasteiger partial charge in [-0.15, -0.1) is 10.2 Å². The number of carbonyl (C=O) groups is 1.